The molecule has 7 aromatic carbocycles. The maximum Gasteiger partial charge on any atom is 0.224 e. The Morgan fingerprint density at radius 1 is 0.315 bits per heavy atom. The first-order chi connectivity index (χ1) is 35.9. The summed E-state index contributed by atoms with van der Waals surface area (Å²) in [6, 6.07) is 73.3. The number of ether oxygens (including phenoxy) is 3. The second-order valence-electron chi connectivity index (χ2n) is 16.5. The van der Waals surface area contributed by atoms with Crippen LogP contribution in [0.4, 0.5) is 0 Å². The van der Waals surface area contributed by atoms with Gasteiger partial charge in [-0.05, 0) is 89.0 Å². The number of nitrogens with zero attached hydrogens (tertiary/aromatic N) is 2. The molecule has 0 saturated heterocycles. The standard InChI is InChI=1S/C21H20N2O2.C21H19NO2.C20H18N2O2/c24-21(13-17-7-3-1-4-8-17)23-15-19-12-11-18(14-22-19)16-25-20-9-5-2-6-10-20;23-21(15-17-7-3-1-4-8-17)22-16-18-11-13-20(14-12-18)24-19-9-5-2-6-10-19;23-20(13-16-7-3-1-4-8-16)22-14-17-11-12-19(15-21-17)24-18-9-5-2-6-10-18/h1-12,14H,13,15-16H2,(H,23,24);1-14H,15-16H2,(H,22,23);1-12,15H,13-14H2,(H,22,23). The third kappa shape index (κ3) is 19.5. The summed E-state index contributed by atoms with van der Waals surface area (Å²) in [7, 11) is 0. The molecule has 3 N–H and O–H groups in total. The van der Waals surface area contributed by atoms with Crippen LogP contribution in [0, 0.1) is 0 Å². The molecular formula is C62H57N5O6. The molecule has 0 atom stereocenters. The summed E-state index contributed by atoms with van der Waals surface area (Å²) < 4.78 is 17.1. The van der Waals surface area contributed by atoms with E-state index in [9.17, 15) is 14.4 Å². The summed E-state index contributed by atoms with van der Waals surface area (Å²) >= 11 is 0. The number of carbonyl (C=O) groups excluding carboxylic acids is 3. The first kappa shape index (κ1) is 51.5. The Morgan fingerprint density at radius 2 is 0.658 bits per heavy atom. The molecule has 11 heteroatoms. The zero-order chi connectivity index (χ0) is 50.6. The fourth-order valence-electron chi connectivity index (χ4n) is 6.94. The van der Waals surface area contributed by atoms with Gasteiger partial charge in [-0.2, -0.15) is 0 Å². The van der Waals surface area contributed by atoms with Crippen LogP contribution >= 0.6 is 0 Å². The van der Waals surface area contributed by atoms with Gasteiger partial charge in [-0.25, -0.2) is 0 Å². The van der Waals surface area contributed by atoms with Crippen LogP contribution in [0.5, 0.6) is 28.7 Å². The van der Waals surface area contributed by atoms with Gasteiger partial charge < -0.3 is 30.2 Å². The van der Waals surface area contributed by atoms with Crippen molar-refractivity contribution in [1.29, 1.82) is 0 Å². The number of amides is 3. The minimum atomic E-state index is -0.0207. The highest BCUT2D eigenvalue weighted by Gasteiger charge is 2.07. The average Bonchev–Trinajstić information content (AvgIpc) is 3.44. The lowest BCUT2D eigenvalue weighted by Gasteiger charge is -2.08. The van der Waals surface area contributed by atoms with E-state index in [1.807, 2.05) is 231 Å². The second-order valence-corrected chi connectivity index (χ2v) is 16.5. The Bertz CT molecular complexity index is 2850. The second kappa shape index (κ2) is 29.0. The minimum Gasteiger partial charge on any atom is -0.489 e. The normalized spacial score (nSPS) is 10.2. The molecule has 2 aromatic heterocycles. The lowest BCUT2D eigenvalue weighted by Crippen LogP contribution is -2.25. The summed E-state index contributed by atoms with van der Waals surface area (Å²) in [6.07, 6.45) is 4.59. The van der Waals surface area contributed by atoms with E-state index in [1.54, 1.807) is 12.4 Å². The van der Waals surface area contributed by atoms with Crippen LogP contribution in [0.15, 0.2) is 243 Å². The Labute approximate surface area is 426 Å². The third-order valence-corrected chi connectivity index (χ3v) is 10.8. The smallest absolute Gasteiger partial charge is 0.224 e. The van der Waals surface area contributed by atoms with Crippen LogP contribution in [0.1, 0.15) is 39.2 Å². The van der Waals surface area contributed by atoms with E-state index >= 15 is 0 Å². The van der Waals surface area contributed by atoms with Crippen LogP contribution in [0.2, 0.25) is 0 Å². The quantitative estimate of drug-likeness (QED) is 0.0728. The summed E-state index contributed by atoms with van der Waals surface area (Å²) in [5, 5.41) is 8.70. The van der Waals surface area contributed by atoms with Crippen LogP contribution in [-0.2, 0) is 59.9 Å². The van der Waals surface area contributed by atoms with E-state index in [1.165, 1.54) is 0 Å². The summed E-state index contributed by atoms with van der Waals surface area (Å²) in [6.45, 7) is 1.80. The van der Waals surface area contributed by atoms with E-state index in [2.05, 4.69) is 25.9 Å². The van der Waals surface area contributed by atoms with Gasteiger partial charge in [0.05, 0.1) is 49.9 Å². The molecule has 0 radical (unpaired) electrons. The zero-order valence-corrected chi connectivity index (χ0v) is 40.4. The van der Waals surface area contributed by atoms with Crippen molar-refractivity contribution in [1.82, 2.24) is 25.9 Å². The highest BCUT2D eigenvalue weighted by Crippen LogP contribution is 2.22. The number of benzene rings is 7. The molecule has 0 saturated carbocycles. The van der Waals surface area contributed by atoms with Gasteiger partial charge >= 0.3 is 0 Å². The molecule has 3 amide bonds. The Morgan fingerprint density at radius 3 is 1.07 bits per heavy atom. The van der Waals surface area contributed by atoms with Crippen LogP contribution in [0.25, 0.3) is 0 Å². The molecular weight excluding hydrogens is 911 g/mol. The molecule has 9 aromatic rings. The van der Waals surface area contributed by atoms with E-state index in [4.69, 9.17) is 14.2 Å². The number of carbonyl (C=O) groups is 3. The Kier molecular flexibility index (Phi) is 20.4. The SMILES string of the molecule is O=C(Cc1ccccc1)NCc1ccc(COc2ccccc2)cn1.O=C(Cc1ccccc1)NCc1ccc(Oc2ccccc2)cc1.O=C(Cc1ccccc1)NCc1ccc(Oc2ccccc2)cn1. The van der Waals surface area contributed by atoms with Gasteiger partial charge in [-0.1, -0.05) is 164 Å². The minimum absolute atomic E-state index is 0.00973. The number of nitrogens with one attached hydrogen (secondary N) is 3. The molecule has 0 aliphatic heterocycles. The number of hydrogen-bond donors (Lipinski definition) is 3. The molecule has 0 unspecified atom stereocenters. The highest BCUT2D eigenvalue weighted by molar-refractivity contribution is 5.79. The van der Waals surface area contributed by atoms with Gasteiger partial charge in [0.15, 0.2) is 0 Å². The van der Waals surface area contributed by atoms with Crippen molar-refractivity contribution in [2.75, 3.05) is 0 Å². The molecule has 0 aliphatic carbocycles. The van der Waals surface area contributed by atoms with Crippen LogP contribution in [-0.4, -0.2) is 27.7 Å². The summed E-state index contributed by atoms with van der Waals surface area (Å²) in [5.41, 5.74) is 6.65. The van der Waals surface area contributed by atoms with Gasteiger partial charge in [-0.15, -0.1) is 0 Å². The summed E-state index contributed by atoms with van der Waals surface area (Å²) in [4.78, 5) is 44.5. The van der Waals surface area contributed by atoms with Crippen molar-refractivity contribution in [3.63, 3.8) is 0 Å². The monoisotopic (exact) mass is 967 g/mol. The van der Waals surface area contributed by atoms with Crippen molar-refractivity contribution >= 4 is 17.7 Å². The van der Waals surface area contributed by atoms with Crippen molar-refractivity contribution in [3.05, 3.63) is 282 Å². The van der Waals surface area contributed by atoms with E-state index in [0.717, 1.165) is 62.2 Å². The lowest BCUT2D eigenvalue weighted by molar-refractivity contribution is -0.121. The molecule has 11 nitrogen and oxygen atoms in total. The van der Waals surface area contributed by atoms with Crippen molar-refractivity contribution in [2.24, 2.45) is 0 Å². The number of rotatable bonds is 19. The largest absolute Gasteiger partial charge is 0.489 e. The molecule has 73 heavy (non-hydrogen) atoms. The highest BCUT2D eigenvalue weighted by atomic mass is 16.5. The molecule has 2 heterocycles. The lowest BCUT2D eigenvalue weighted by atomic mass is 10.1. The fourth-order valence-corrected chi connectivity index (χ4v) is 6.94. The van der Waals surface area contributed by atoms with E-state index < -0.39 is 0 Å². The molecule has 0 bridgehead atoms. The van der Waals surface area contributed by atoms with Crippen molar-refractivity contribution in [2.45, 2.75) is 45.5 Å². The van der Waals surface area contributed by atoms with E-state index in [-0.39, 0.29) is 17.7 Å². The molecule has 366 valence electrons. The maximum atomic E-state index is 12.0. The third-order valence-electron chi connectivity index (χ3n) is 10.8. The predicted molar refractivity (Wildman–Crippen MR) is 285 cm³/mol. The van der Waals surface area contributed by atoms with Gasteiger partial charge in [0, 0.05) is 18.3 Å². The van der Waals surface area contributed by atoms with Crippen molar-refractivity contribution < 1.29 is 28.6 Å². The topological polar surface area (TPSA) is 141 Å². The molecule has 9 rings (SSSR count). The van der Waals surface area contributed by atoms with Gasteiger partial charge in [0.25, 0.3) is 0 Å². The molecule has 0 fully saturated rings. The van der Waals surface area contributed by atoms with Crippen LogP contribution < -0.4 is 30.2 Å². The number of aromatic nitrogens is 2. The summed E-state index contributed by atoms with van der Waals surface area (Å²) in [5.74, 6) is 3.84. The van der Waals surface area contributed by atoms with Crippen LogP contribution in [0.3, 0.4) is 0 Å². The number of hydrogen-bond acceptors (Lipinski definition) is 8. The first-order valence-corrected chi connectivity index (χ1v) is 23.9. The fraction of sp³-hybridized carbons (Fsp3) is 0.113. The first-order valence-electron chi connectivity index (χ1n) is 23.9. The average molecular weight is 968 g/mol. The van der Waals surface area contributed by atoms with Crippen molar-refractivity contribution in [3.8, 4) is 28.7 Å². The van der Waals surface area contributed by atoms with Gasteiger partial charge in [0.1, 0.15) is 35.4 Å². The maximum absolute atomic E-state index is 12.0. The molecule has 0 aliphatic rings. The predicted octanol–water partition coefficient (Wildman–Crippen LogP) is 11.6. The van der Waals surface area contributed by atoms with E-state index in [0.29, 0.717) is 51.3 Å². The zero-order valence-electron chi connectivity index (χ0n) is 40.4. The number of para-hydroxylation sites is 3. The van der Waals surface area contributed by atoms with Gasteiger partial charge in [-0.3, -0.25) is 24.4 Å². The molecule has 0 spiro atoms. The Balaban J connectivity index is 0.000000160. The van der Waals surface area contributed by atoms with Gasteiger partial charge in [0.2, 0.25) is 17.7 Å². The Hall–Kier alpha value is -9.35. The number of pyridine rings is 2.